The summed E-state index contributed by atoms with van der Waals surface area (Å²) in [7, 11) is -0.546. The SMILES string of the molecule is CN(C)S(=O)(=O)CCNC(=O)N1CSC[C@H]1C(=O)O. The molecule has 0 bridgehead atoms. The second-order valence-electron chi connectivity index (χ2n) is 4.15. The highest BCUT2D eigenvalue weighted by Gasteiger charge is 2.34. The van der Waals surface area contributed by atoms with Gasteiger partial charge in [0.25, 0.3) is 0 Å². The molecule has 1 heterocycles. The van der Waals surface area contributed by atoms with Crippen LogP contribution in [0.1, 0.15) is 0 Å². The minimum atomic E-state index is -3.37. The van der Waals surface area contributed by atoms with E-state index in [1.165, 1.54) is 30.8 Å². The van der Waals surface area contributed by atoms with Crippen LogP contribution in [0.5, 0.6) is 0 Å². The lowest BCUT2D eigenvalue weighted by Crippen LogP contribution is -2.48. The zero-order valence-electron chi connectivity index (χ0n) is 10.7. The van der Waals surface area contributed by atoms with Crippen LogP contribution in [0.3, 0.4) is 0 Å². The third kappa shape index (κ3) is 4.25. The van der Waals surface area contributed by atoms with Crippen LogP contribution >= 0.6 is 11.8 Å². The van der Waals surface area contributed by atoms with Gasteiger partial charge in [-0.05, 0) is 0 Å². The summed E-state index contributed by atoms with van der Waals surface area (Å²) in [4.78, 5) is 23.8. The predicted octanol–water partition coefficient (Wildman–Crippen LogP) is -0.953. The van der Waals surface area contributed by atoms with Crippen LogP contribution < -0.4 is 5.32 Å². The van der Waals surface area contributed by atoms with E-state index in [1.807, 2.05) is 0 Å². The molecular weight excluding hydrogens is 294 g/mol. The predicted molar refractivity (Wildman–Crippen MR) is 71.5 cm³/mol. The molecule has 0 aromatic carbocycles. The number of aliphatic carboxylic acids is 1. The van der Waals surface area contributed by atoms with Crippen molar-refractivity contribution in [1.82, 2.24) is 14.5 Å². The first-order valence-corrected chi connectivity index (χ1v) is 8.27. The number of hydrogen-bond donors (Lipinski definition) is 2. The normalized spacial score (nSPS) is 19.7. The van der Waals surface area contributed by atoms with Gasteiger partial charge in [0.1, 0.15) is 6.04 Å². The lowest BCUT2D eigenvalue weighted by atomic mass is 10.3. The molecular formula is C9H17N3O5S2. The van der Waals surface area contributed by atoms with Crippen LogP contribution in [0.25, 0.3) is 0 Å². The number of sulfonamides is 1. The molecule has 1 fully saturated rings. The number of carboxylic acid groups (broad SMARTS) is 1. The summed E-state index contributed by atoms with van der Waals surface area (Å²) in [5, 5.41) is 11.3. The summed E-state index contributed by atoms with van der Waals surface area (Å²) in [6, 6.07) is -1.40. The maximum Gasteiger partial charge on any atom is 0.327 e. The maximum atomic E-state index is 11.7. The van der Waals surface area contributed by atoms with Crippen LogP contribution in [0.2, 0.25) is 0 Å². The number of rotatable bonds is 5. The summed E-state index contributed by atoms with van der Waals surface area (Å²) in [6.45, 7) is -0.0488. The number of urea groups is 1. The Morgan fingerprint density at radius 1 is 1.47 bits per heavy atom. The first kappa shape index (κ1) is 16.1. The minimum Gasteiger partial charge on any atom is -0.480 e. The van der Waals surface area contributed by atoms with Gasteiger partial charge in [0, 0.05) is 26.4 Å². The molecule has 1 saturated heterocycles. The number of amides is 2. The average Bonchev–Trinajstić information content (AvgIpc) is 2.77. The van der Waals surface area contributed by atoms with Crippen LogP contribution in [0.4, 0.5) is 4.79 Å². The van der Waals surface area contributed by atoms with E-state index < -0.39 is 28.1 Å². The number of thioether (sulfide) groups is 1. The quantitative estimate of drug-likeness (QED) is 0.678. The van der Waals surface area contributed by atoms with Crippen molar-refractivity contribution in [3.8, 4) is 0 Å². The Kier molecular flexibility index (Phi) is 5.44. The Morgan fingerprint density at radius 3 is 2.63 bits per heavy atom. The van der Waals surface area contributed by atoms with Crippen molar-refractivity contribution in [2.75, 3.05) is 38.0 Å². The zero-order chi connectivity index (χ0) is 14.6. The highest BCUT2D eigenvalue weighted by Crippen LogP contribution is 2.20. The molecule has 0 aromatic rings. The lowest BCUT2D eigenvalue weighted by Gasteiger charge is -2.21. The molecule has 110 valence electrons. The lowest BCUT2D eigenvalue weighted by molar-refractivity contribution is -0.140. The van der Waals surface area contributed by atoms with Crippen molar-refractivity contribution in [3.63, 3.8) is 0 Å². The van der Waals surface area contributed by atoms with Crippen molar-refractivity contribution in [2.45, 2.75) is 6.04 Å². The second-order valence-corrected chi connectivity index (χ2v) is 7.46. The summed E-state index contributed by atoms with van der Waals surface area (Å²) in [6.07, 6.45) is 0. The van der Waals surface area contributed by atoms with Gasteiger partial charge in [-0.3, -0.25) is 0 Å². The number of carbonyl (C=O) groups is 2. The van der Waals surface area contributed by atoms with Gasteiger partial charge >= 0.3 is 12.0 Å². The topological polar surface area (TPSA) is 107 Å². The van der Waals surface area contributed by atoms with Crippen LogP contribution in [-0.4, -0.2) is 78.8 Å². The molecule has 0 unspecified atom stereocenters. The molecule has 10 heteroatoms. The fourth-order valence-corrected chi connectivity index (χ4v) is 3.29. The zero-order valence-corrected chi connectivity index (χ0v) is 12.3. The van der Waals surface area contributed by atoms with Gasteiger partial charge in [-0.2, -0.15) is 0 Å². The monoisotopic (exact) mass is 311 g/mol. The van der Waals surface area contributed by atoms with Gasteiger partial charge in [-0.25, -0.2) is 22.3 Å². The van der Waals surface area contributed by atoms with E-state index in [9.17, 15) is 18.0 Å². The smallest absolute Gasteiger partial charge is 0.327 e. The van der Waals surface area contributed by atoms with E-state index in [-0.39, 0.29) is 12.3 Å². The summed E-state index contributed by atoms with van der Waals surface area (Å²) in [5.41, 5.74) is 0. The number of nitrogens with zero attached hydrogens (tertiary/aromatic N) is 2. The highest BCUT2D eigenvalue weighted by atomic mass is 32.2. The Hall–Kier alpha value is -1.00. The first-order chi connectivity index (χ1) is 8.75. The van der Waals surface area contributed by atoms with Crippen molar-refractivity contribution < 1.29 is 23.1 Å². The van der Waals surface area contributed by atoms with E-state index in [1.54, 1.807) is 0 Å². The van der Waals surface area contributed by atoms with Gasteiger partial charge in [-0.1, -0.05) is 0 Å². The van der Waals surface area contributed by atoms with E-state index >= 15 is 0 Å². The molecule has 0 radical (unpaired) electrons. The summed E-state index contributed by atoms with van der Waals surface area (Å²) < 4.78 is 24.0. The molecule has 1 aliphatic rings. The van der Waals surface area contributed by atoms with E-state index in [4.69, 9.17) is 5.11 Å². The summed E-state index contributed by atoms with van der Waals surface area (Å²) in [5.74, 6) is -0.632. The van der Waals surface area contributed by atoms with E-state index in [0.29, 0.717) is 11.6 Å². The van der Waals surface area contributed by atoms with Gasteiger partial charge in [0.2, 0.25) is 10.0 Å². The van der Waals surface area contributed by atoms with Crippen LogP contribution in [-0.2, 0) is 14.8 Å². The van der Waals surface area contributed by atoms with Crippen molar-refractivity contribution in [3.05, 3.63) is 0 Å². The molecule has 0 aliphatic carbocycles. The van der Waals surface area contributed by atoms with Crippen molar-refractivity contribution >= 4 is 33.8 Å². The third-order valence-electron chi connectivity index (χ3n) is 2.62. The molecule has 8 nitrogen and oxygen atoms in total. The Balaban J connectivity index is 2.46. The molecule has 1 aliphatic heterocycles. The molecule has 0 spiro atoms. The molecule has 0 aromatic heterocycles. The van der Waals surface area contributed by atoms with Crippen molar-refractivity contribution in [1.29, 1.82) is 0 Å². The Bertz CT molecular complexity index is 451. The number of carbonyl (C=O) groups excluding carboxylic acids is 1. The molecule has 2 N–H and O–H groups in total. The maximum absolute atomic E-state index is 11.7. The van der Waals surface area contributed by atoms with Gasteiger partial charge in [0.05, 0.1) is 11.6 Å². The number of hydrogen-bond acceptors (Lipinski definition) is 5. The van der Waals surface area contributed by atoms with E-state index in [2.05, 4.69) is 5.32 Å². The van der Waals surface area contributed by atoms with E-state index in [0.717, 1.165) is 4.31 Å². The largest absolute Gasteiger partial charge is 0.480 e. The average molecular weight is 311 g/mol. The molecule has 2 amide bonds. The van der Waals surface area contributed by atoms with Gasteiger partial charge in [0.15, 0.2) is 0 Å². The molecule has 1 rings (SSSR count). The number of carboxylic acids is 1. The third-order valence-corrected chi connectivity index (χ3v) is 5.47. The first-order valence-electron chi connectivity index (χ1n) is 5.51. The highest BCUT2D eigenvalue weighted by molar-refractivity contribution is 7.99. The second kappa shape index (κ2) is 6.44. The fraction of sp³-hybridized carbons (Fsp3) is 0.778. The fourth-order valence-electron chi connectivity index (χ4n) is 1.42. The van der Waals surface area contributed by atoms with Crippen LogP contribution in [0, 0.1) is 0 Å². The summed E-state index contributed by atoms with van der Waals surface area (Å²) >= 11 is 1.35. The molecule has 0 saturated carbocycles. The Morgan fingerprint density at radius 2 is 2.11 bits per heavy atom. The standard InChI is InChI=1S/C9H17N3O5S2/c1-11(2)19(16,17)4-3-10-9(15)12-6-18-5-7(12)8(13)14/h7H,3-6H2,1-2H3,(H,10,15)(H,13,14)/t7-/m0/s1. The molecule has 19 heavy (non-hydrogen) atoms. The molecule has 1 atom stereocenters. The van der Waals surface area contributed by atoms with Gasteiger partial charge in [-0.15, -0.1) is 11.8 Å². The van der Waals surface area contributed by atoms with Gasteiger partial charge < -0.3 is 15.3 Å². The van der Waals surface area contributed by atoms with Crippen molar-refractivity contribution in [2.24, 2.45) is 0 Å². The minimum absolute atomic E-state index is 0.0488. The number of nitrogens with one attached hydrogen (secondary N) is 1. The van der Waals surface area contributed by atoms with Crippen LogP contribution in [0.15, 0.2) is 0 Å². The Labute approximate surface area is 116 Å².